The minimum Gasteiger partial charge on any atom is -0.381 e. The monoisotopic (exact) mass is 210 g/mol. The van der Waals surface area contributed by atoms with Crippen molar-refractivity contribution >= 4 is 5.78 Å². The molecule has 3 atom stereocenters. The lowest BCUT2D eigenvalue weighted by molar-refractivity contribution is -0.133. The van der Waals surface area contributed by atoms with Crippen LogP contribution in [0.5, 0.6) is 0 Å². The third-order valence-corrected chi connectivity index (χ3v) is 5.17. The van der Waals surface area contributed by atoms with Crippen molar-refractivity contribution in [2.75, 3.05) is 13.2 Å². The molecule has 2 heteroatoms. The SMILES string of the molecule is CCOC[C@H]1C(=O)[C@]2(C)CC[C@H]1C2(C)C. The van der Waals surface area contributed by atoms with Crippen LogP contribution in [0, 0.1) is 22.7 Å². The zero-order chi connectivity index (χ0) is 11.3. The molecule has 0 aromatic carbocycles. The number of ether oxygens (including phenoxy) is 1. The van der Waals surface area contributed by atoms with Crippen molar-refractivity contribution in [2.24, 2.45) is 22.7 Å². The predicted octanol–water partition coefficient (Wildman–Crippen LogP) is 2.66. The summed E-state index contributed by atoms with van der Waals surface area (Å²) in [7, 11) is 0. The molecule has 2 rings (SSSR count). The Kier molecular flexibility index (Phi) is 2.45. The molecule has 0 aromatic heterocycles. The molecule has 0 saturated heterocycles. The quantitative estimate of drug-likeness (QED) is 0.716. The molecule has 0 unspecified atom stereocenters. The predicted molar refractivity (Wildman–Crippen MR) is 59.6 cm³/mol. The Hall–Kier alpha value is -0.370. The third-order valence-electron chi connectivity index (χ3n) is 5.17. The Morgan fingerprint density at radius 1 is 1.40 bits per heavy atom. The van der Waals surface area contributed by atoms with Gasteiger partial charge in [0.2, 0.25) is 0 Å². The Balaban J connectivity index is 2.22. The molecule has 0 aromatic rings. The lowest BCUT2D eigenvalue weighted by Gasteiger charge is -2.32. The normalized spacial score (nSPS) is 42.5. The van der Waals surface area contributed by atoms with E-state index in [0.717, 1.165) is 6.42 Å². The molecule has 15 heavy (non-hydrogen) atoms. The first kappa shape index (κ1) is 11.1. The first-order chi connectivity index (χ1) is 6.95. The second-order valence-electron chi connectivity index (χ2n) is 5.83. The van der Waals surface area contributed by atoms with Crippen LogP contribution in [-0.4, -0.2) is 19.0 Å². The topological polar surface area (TPSA) is 26.3 Å². The summed E-state index contributed by atoms with van der Waals surface area (Å²) in [4.78, 5) is 12.3. The molecule has 0 amide bonds. The summed E-state index contributed by atoms with van der Waals surface area (Å²) >= 11 is 0. The smallest absolute Gasteiger partial charge is 0.144 e. The number of carbonyl (C=O) groups excluding carboxylic acids is 1. The average molecular weight is 210 g/mol. The molecule has 2 saturated carbocycles. The molecule has 2 aliphatic rings. The maximum absolute atomic E-state index is 12.3. The van der Waals surface area contributed by atoms with Gasteiger partial charge in [-0.2, -0.15) is 0 Å². The second kappa shape index (κ2) is 3.31. The molecule has 0 N–H and O–H groups in total. The van der Waals surface area contributed by atoms with E-state index < -0.39 is 0 Å². The molecule has 2 bridgehead atoms. The highest BCUT2D eigenvalue weighted by Gasteiger charge is 2.65. The first-order valence-corrected chi connectivity index (χ1v) is 6.07. The van der Waals surface area contributed by atoms with Crippen LogP contribution in [0.15, 0.2) is 0 Å². The fraction of sp³-hybridized carbons (Fsp3) is 0.923. The van der Waals surface area contributed by atoms with Crippen molar-refractivity contribution in [1.29, 1.82) is 0 Å². The number of Topliss-reactive ketones (excluding diaryl/α,β-unsaturated/α-hetero) is 1. The molecule has 2 fully saturated rings. The number of rotatable bonds is 3. The van der Waals surface area contributed by atoms with Gasteiger partial charge in [-0.15, -0.1) is 0 Å². The van der Waals surface area contributed by atoms with Crippen molar-refractivity contribution in [3.63, 3.8) is 0 Å². The molecule has 0 radical (unpaired) electrons. The molecule has 2 aliphatic carbocycles. The molecule has 86 valence electrons. The maximum Gasteiger partial charge on any atom is 0.144 e. The van der Waals surface area contributed by atoms with E-state index in [4.69, 9.17) is 4.74 Å². The molecule has 0 spiro atoms. The van der Waals surface area contributed by atoms with Crippen molar-refractivity contribution in [3.8, 4) is 0 Å². The van der Waals surface area contributed by atoms with Crippen LogP contribution in [0.1, 0.15) is 40.5 Å². The second-order valence-corrected chi connectivity index (χ2v) is 5.83. The van der Waals surface area contributed by atoms with Crippen molar-refractivity contribution < 1.29 is 9.53 Å². The molecule has 0 aliphatic heterocycles. The van der Waals surface area contributed by atoms with E-state index >= 15 is 0 Å². The minimum absolute atomic E-state index is 0.0839. The number of fused-ring (bicyclic) bond motifs is 2. The van der Waals surface area contributed by atoms with Gasteiger partial charge in [0.25, 0.3) is 0 Å². The van der Waals surface area contributed by atoms with Gasteiger partial charge in [-0.1, -0.05) is 20.8 Å². The zero-order valence-electron chi connectivity index (χ0n) is 10.3. The summed E-state index contributed by atoms with van der Waals surface area (Å²) in [6.07, 6.45) is 2.28. The van der Waals surface area contributed by atoms with Gasteiger partial charge in [0, 0.05) is 17.9 Å². The Labute approximate surface area is 92.4 Å². The number of carbonyl (C=O) groups is 1. The molecule has 2 nitrogen and oxygen atoms in total. The van der Waals surface area contributed by atoms with Crippen LogP contribution in [-0.2, 0) is 9.53 Å². The summed E-state index contributed by atoms with van der Waals surface area (Å²) in [5.41, 5.74) is 0.0886. The van der Waals surface area contributed by atoms with Gasteiger partial charge in [0.1, 0.15) is 5.78 Å². The van der Waals surface area contributed by atoms with Crippen molar-refractivity contribution in [3.05, 3.63) is 0 Å². The van der Waals surface area contributed by atoms with Crippen LogP contribution in [0.25, 0.3) is 0 Å². The summed E-state index contributed by atoms with van der Waals surface area (Å²) in [5.74, 6) is 1.16. The van der Waals surface area contributed by atoms with Gasteiger partial charge in [0.15, 0.2) is 0 Å². The summed E-state index contributed by atoms with van der Waals surface area (Å²) < 4.78 is 5.46. The minimum atomic E-state index is -0.0839. The van der Waals surface area contributed by atoms with E-state index in [9.17, 15) is 4.79 Å². The maximum atomic E-state index is 12.3. The van der Waals surface area contributed by atoms with E-state index in [-0.39, 0.29) is 16.7 Å². The van der Waals surface area contributed by atoms with Gasteiger partial charge in [-0.3, -0.25) is 4.79 Å². The standard InChI is InChI=1S/C13H22O2/c1-5-15-8-9-10-6-7-13(4,11(9)14)12(10,2)3/h9-10H,5-8H2,1-4H3/t9-,10-,13+/m1/s1. The van der Waals surface area contributed by atoms with Crippen LogP contribution in [0.2, 0.25) is 0 Å². The van der Waals surface area contributed by atoms with Crippen molar-refractivity contribution in [1.82, 2.24) is 0 Å². The molecule has 0 heterocycles. The highest BCUT2D eigenvalue weighted by Crippen LogP contribution is 2.65. The first-order valence-electron chi connectivity index (χ1n) is 6.07. The van der Waals surface area contributed by atoms with Crippen LogP contribution in [0.3, 0.4) is 0 Å². The largest absolute Gasteiger partial charge is 0.381 e. The van der Waals surface area contributed by atoms with Crippen LogP contribution in [0.4, 0.5) is 0 Å². The van der Waals surface area contributed by atoms with E-state index in [2.05, 4.69) is 20.8 Å². The van der Waals surface area contributed by atoms with Gasteiger partial charge in [-0.05, 0) is 31.1 Å². The lowest BCUT2D eigenvalue weighted by atomic mass is 9.70. The van der Waals surface area contributed by atoms with Gasteiger partial charge in [0.05, 0.1) is 6.61 Å². The van der Waals surface area contributed by atoms with E-state index in [0.29, 0.717) is 24.9 Å². The number of ketones is 1. The lowest BCUT2D eigenvalue weighted by Crippen LogP contribution is -2.34. The van der Waals surface area contributed by atoms with Crippen LogP contribution >= 0.6 is 0 Å². The Morgan fingerprint density at radius 3 is 2.53 bits per heavy atom. The number of hydrogen-bond acceptors (Lipinski definition) is 2. The average Bonchev–Trinajstić information content (AvgIpc) is 2.48. The fourth-order valence-corrected chi connectivity index (χ4v) is 3.71. The summed E-state index contributed by atoms with van der Waals surface area (Å²) in [5, 5.41) is 0. The van der Waals surface area contributed by atoms with E-state index in [1.165, 1.54) is 6.42 Å². The Morgan fingerprint density at radius 2 is 2.07 bits per heavy atom. The highest BCUT2D eigenvalue weighted by molar-refractivity contribution is 5.91. The van der Waals surface area contributed by atoms with Gasteiger partial charge >= 0.3 is 0 Å². The molecular weight excluding hydrogens is 188 g/mol. The Bertz CT molecular complexity index is 282. The van der Waals surface area contributed by atoms with Crippen molar-refractivity contribution in [2.45, 2.75) is 40.5 Å². The summed E-state index contributed by atoms with van der Waals surface area (Å²) in [6, 6.07) is 0. The number of hydrogen-bond donors (Lipinski definition) is 0. The van der Waals surface area contributed by atoms with Crippen LogP contribution < -0.4 is 0 Å². The third kappa shape index (κ3) is 1.24. The van der Waals surface area contributed by atoms with E-state index in [1.54, 1.807) is 0 Å². The van der Waals surface area contributed by atoms with Gasteiger partial charge < -0.3 is 4.74 Å². The zero-order valence-corrected chi connectivity index (χ0v) is 10.3. The fourth-order valence-electron chi connectivity index (χ4n) is 3.71. The summed E-state index contributed by atoms with van der Waals surface area (Å²) in [6.45, 7) is 10.0. The van der Waals surface area contributed by atoms with Gasteiger partial charge in [-0.25, -0.2) is 0 Å². The molecular formula is C13H22O2. The van der Waals surface area contributed by atoms with E-state index in [1.807, 2.05) is 6.92 Å². The highest BCUT2D eigenvalue weighted by atomic mass is 16.5.